The van der Waals surface area contributed by atoms with Crippen molar-refractivity contribution in [3.8, 4) is 11.5 Å². The van der Waals surface area contributed by atoms with E-state index in [0.29, 0.717) is 11.5 Å². The number of fused-ring (bicyclic) bond motifs is 2. The lowest BCUT2D eigenvalue weighted by Gasteiger charge is -2.25. The van der Waals surface area contributed by atoms with Crippen molar-refractivity contribution in [2.75, 3.05) is 12.1 Å². The molecule has 1 aliphatic carbocycles. The summed E-state index contributed by atoms with van der Waals surface area (Å²) in [5.41, 5.74) is -2.12. The number of carboxylic acid groups (broad SMARTS) is 1. The first-order valence-corrected chi connectivity index (χ1v) is 11.8. The molecule has 2 N–H and O–H groups in total. The van der Waals surface area contributed by atoms with Crippen LogP contribution in [0.1, 0.15) is 32.4 Å². The molecule has 0 radical (unpaired) electrons. The van der Waals surface area contributed by atoms with E-state index >= 15 is 0 Å². The molecular formula is C27H17ClFNO8. The van der Waals surface area contributed by atoms with Gasteiger partial charge in [-0.15, -0.1) is 0 Å². The van der Waals surface area contributed by atoms with E-state index in [9.17, 15) is 28.7 Å². The van der Waals surface area contributed by atoms with E-state index in [1.165, 1.54) is 48.5 Å². The average molecular weight is 538 g/mol. The van der Waals surface area contributed by atoms with E-state index in [2.05, 4.69) is 5.32 Å². The molecule has 1 amide bonds. The molecule has 0 bridgehead atoms. The van der Waals surface area contributed by atoms with Gasteiger partial charge in [-0.05, 0) is 29.8 Å². The van der Waals surface area contributed by atoms with E-state index in [1.807, 2.05) is 0 Å². The largest absolute Gasteiger partial charge is 0.481 e. The maximum atomic E-state index is 14.0. The fraction of sp³-hybridized carbons (Fsp3) is 0.185. The van der Waals surface area contributed by atoms with Gasteiger partial charge in [-0.3, -0.25) is 19.2 Å². The summed E-state index contributed by atoms with van der Waals surface area (Å²) < 4.78 is 30.6. The van der Waals surface area contributed by atoms with Crippen molar-refractivity contribution < 1.29 is 42.9 Å². The van der Waals surface area contributed by atoms with E-state index in [0.717, 1.165) is 6.07 Å². The van der Waals surface area contributed by atoms with Crippen LogP contribution >= 0.6 is 11.6 Å². The molecule has 11 heteroatoms. The van der Waals surface area contributed by atoms with Gasteiger partial charge in [0.05, 0.1) is 17.0 Å². The first-order chi connectivity index (χ1) is 18.2. The van der Waals surface area contributed by atoms with Crippen molar-refractivity contribution in [2.24, 2.45) is 11.8 Å². The Kier molecular flexibility index (Phi) is 5.48. The molecule has 6 rings (SSSR count). The van der Waals surface area contributed by atoms with Gasteiger partial charge in [0.15, 0.2) is 11.5 Å². The van der Waals surface area contributed by atoms with Crippen molar-refractivity contribution in [2.45, 2.75) is 11.7 Å². The summed E-state index contributed by atoms with van der Waals surface area (Å²) in [6.45, 7) is 0.00495. The Balaban J connectivity index is 1.47. The van der Waals surface area contributed by atoms with Gasteiger partial charge >= 0.3 is 5.97 Å². The molecule has 3 unspecified atom stereocenters. The van der Waals surface area contributed by atoms with Crippen LogP contribution in [0, 0.1) is 17.7 Å². The Bertz CT molecular complexity index is 1520. The zero-order chi connectivity index (χ0) is 26.8. The van der Waals surface area contributed by atoms with Gasteiger partial charge in [-0.25, -0.2) is 4.39 Å². The molecule has 1 spiro atoms. The number of amides is 1. The van der Waals surface area contributed by atoms with Crippen molar-refractivity contribution in [1.29, 1.82) is 0 Å². The molecule has 1 saturated heterocycles. The van der Waals surface area contributed by atoms with Gasteiger partial charge in [0.2, 0.25) is 29.9 Å². The number of anilines is 1. The predicted octanol–water partition coefficient (Wildman–Crippen LogP) is 4.05. The normalized spacial score (nSPS) is 22.5. The number of hydrogen-bond acceptors (Lipinski definition) is 7. The number of ether oxygens (including phenoxy) is 3. The van der Waals surface area contributed by atoms with Crippen molar-refractivity contribution in [3.63, 3.8) is 0 Å². The molecule has 0 aromatic heterocycles. The van der Waals surface area contributed by atoms with E-state index in [1.54, 1.807) is 6.07 Å². The number of benzene rings is 3. The molecule has 9 nitrogen and oxygen atoms in total. The third kappa shape index (κ3) is 3.41. The highest BCUT2D eigenvalue weighted by molar-refractivity contribution is 6.34. The van der Waals surface area contributed by atoms with Crippen molar-refractivity contribution >= 4 is 40.7 Å². The van der Waals surface area contributed by atoms with Crippen LogP contribution in [0.25, 0.3) is 0 Å². The van der Waals surface area contributed by atoms with Gasteiger partial charge < -0.3 is 24.6 Å². The highest BCUT2D eigenvalue weighted by atomic mass is 35.5. The van der Waals surface area contributed by atoms with Crippen LogP contribution in [0.4, 0.5) is 10.1 Å². The third-order valence-corrected chi connectivity index (χ3v) is 7.30. The number of halogens is 2. The molecule has 0 saturated carbocycles. The number of Topliss-reactive ketones (excluding diaryl/α,β-unsaturated/α-hetero) is 2. The monoisotopic (exact) mass is 537 g/mol. The quantitative estimate of drug-likeness (QED) is 0.477. The maximum Gasteiger partial charge on any atom is 0.311 e. The molecule has 2 aliphatic heterocycles. The molecule has 3 atom stereocenters. The van der Waals surface area contributed by atoms with Crippen molar-refractivity contribution in [1.82, 2.24) is 0 Å². The second kappa shape index (κ2) is 8.64. The summed E-state index contributed by atoms with van der Waals surface area (Å²) in [6, 6.07) is 13.9. The molecule has 1 fully saturated rings. The fourth-order valence-electron chi connectivity index (χ4n) is 5.33. The Morgan fingerprint density at radius 2 is 1.66 bits per heavy atom. The highest BCUT2D eigenvalue weighted by Gasteiger charge is 2.71. The zero-order valence-electron chi connectivity index (χ0n) is 19.3. The van der Waals surface area contributed by atoms with Crippen molar-refractivity contribution in [3.05, 3.63) is 88.2 Å². The molecule has 38 heavy (non-hydrogen) atoms. The number of ketones is 2. The average Bonchev–Trinajstić information content (AvgIpc) is 3.57. The first-order valence-electron chi connectivity index (χ1n) is 11.5. The Hall–Kier alpha value is -4.28. The SMILES string of the molecule is O=C(Nc1ccc2c(c1)OCO2)C1C(c2ccc(F)c(Cl)c2)OC2(C(=O)c3ccccc3C2=O)C1C(=O)O. The highest BCUT2D eigenvalue weighted by Crippen LogP contribution is 2.54. The lowest BCUT2D eigenvalue weighted by molar-refractivity contribution is -0.147. The fourth-order valence-corrected chi connectivity index (χ4v) is 5.52. The van der Waals surface area contributed by atoms with Gasteiger partial charge in [-0.2, -0.15) is 0 Å². The van der Waals surface area contributed by atoms with E-state index in [4.69, 9.17) is 25.8 Å². The molecule has 2 heterocycles. The van der Waals surface area contributed by atoms with Gasteiger partial charge in [-0.1, -0.05) is 41.9 Å². The zero-order valence-corrected chi connectivity index (χ0v) is 20.0. The molecule has 192 valence electrons. The predicted molar refractivity (Wildman–Crippen MR) is 129 cm³/mol. The van der Waals surface area contributed by atoms with E-state index in [-0.39, 0.29) is 34.2 Å². The Morgan fingerprint density at radius 3 is 2.32 bits per heavy atom. The number of carbonyl (C=O) groups excluding carboxylic acids is 3. The van der Waals surface area contributed by atoms with Crippen LogP contribution in [0.15, 0.2) is 60.7 Å². The Labute approximate surface area is 219 Å². The molecule has 3 aliphatic rings. The number of carbonyl (C=O) groups is 4. The minimum atomic E-state index is -2.50. The number of aliphatic carboxylic acids is 1. The molecule has 3 aromatic rings. The minimum Gasteiger partial charge on any atom is -0.481 e. The van der Waals surface area contributed by atoms with Crippen LogP contribution in [0.2, 0.25) is 5.02 Å². The van der Waals surface area contributed by atoms with Crippen LogP contribution in [0.3, 0.4) is 0 Å². The smallest absolute Gasteiger partial charge is 0.311 e. The lowest BCUT2D eigenvalue weighted by atomic mass is 9.75. The van der Waals surface area contributed by atoms with Crippen LogP contribution in [-0.2, 0) is 14.3 Å². The van der Waals surface area contributed by atoms with Crippen LogP contribution < -0.4 is 14.8 Å². The standard InChI is InChI=1S/C27H17ClFNO8/c28-16-9-12(5-7-17(16)29)22-20(25(33)30-13-6-8-18-19(10-13)37-11-36-18)21(26(34)35)27(38-22)23(31)14-3-1-2-4-15(14)24(27)32/h1-10,20-22H,11H2,(H,30,33)(H,34,35). The molecule has 3 aromatic carbocycles. The summed E-state index contributed by atoms with van der Waals surface area (Å²) in [5.74, 6) is -7.54. The van der Waals surface area contributed by atoms with Gasteiger partial charge in [0, 0.05) is 22.9 Å². The first kappa shape index (κ1) is 24.1. The maximum absolute atomic E-state index is 14.0. The lowest BCUT2D eigenvalue weighted by Crippen LogP contribution is -2.52. The summed E-state index contributed by atoms with van der Waals surface area (Å²) in [7, 11) is 0. The van der Waals surface area contributed by atoms with Gasteiger partial charge in [0.25, 0.3) is 0 Å². The second-order valence-electron chi connectivity index (χ2n) is 9.05. The minimum absolute atomic E-state index is 0.00327. The van der Waals surface area contributed by atoms with Crippen LogP contribution in [-0.4, -0.2) is 40.9 Å². The van der Waals surface area contributed by atoms with Gasteiger partial charge in [0.1, 0.15) is 11.7 Å². The van der Waals surface area contributed by atoms with E-state index < -0.39 is 52.8 Å². The summed E-state index contributed by atoms with van der Waals surface area (Å²) in [5, 5.41) is 12.7. The second-order valence-corrected chi connectivity index (χ2v) is 9.46. The summed E-state index contributed by atoms with van der Waals surface area (Å²) >= 11 is 5.98. The summed E-state index contributed by atoms with van der Waals surface area (Å²) in [6.07, 6.45) is -1.43. The summed E-state index contributed by atoms with van der Waals surface area (Å²) in [4.78, 5) is 53.8. The molecular weight excluding hydrogens is 521 g/mol. The number of rotatable bonds is 4. The third-order valence-electron chi connectivity index (χ3n) is 7.01. The number of carboxylic acids is 1. The number of hydrogen-bond donors (Lipinski definition) is 2. The Morgan fingerprint density at radius 1 is 0.974 bits per heavy atom. The number of nitrogens with one attached hydrogen (secondary N) is 1. The van der Waals surface area contributed by atoms with Crippen LogP contribution in [0.5, 0.6) is 11.5 Å². The topological polar surface area (TPSA) is 128 Å².